The van der Waals surface area contributed by atoms with Crippen molar-refractivity contribution < 1.29 is 14.1 Å². The van der Waals surface area contributed by atoms with Crippen molar-refractivity contribution in [1.82, 2.24) is 10.1 Å². The number of amides is 2. The molecule has 1 aromatic carbocycles. The van der Waals surface area contributed by atoms with Gasteiger partial charge in [-0.05, 0) is 37.0 Å². The van der Waals surface area contributed by atoms with Gasteiger partial charge in [0.25, 0.3) is 5.91 Å². The molecular formula is C19H25N3O3. The second-order valence-electron chi connectivity index (χ2n) is 7.29. The molecule has 2 amide bonds. The average molecular weight is 343 g/mol. The van der Waals surface area contributed by atoms with E-state index in [1.807, 2.05) is 38.1 Å². The Bertz CT molecular complexity index is 713. The summed E-state index contributed by atoms with van der Waals surface area (Å²) < 4.78 is 4.68. The number of hydrogen-bond donors (Lipinski definition) is 1. The normalized spacial score (nSPS) is 11.4. The molecule has 0 saturated carbocycles. The fourth-order valence-corrected chi connectivity index (χ4v) is 2.38. The Morgan fingerprint density at radius 3 is 2.28 bits per heavy atom. The topological polar surface area (TPSA) is 75.4 Å². The van der Waals surface area contributed by atoms with Crippen LogP contribution in [0.25, 0.3) is 0 Å². The maximum atomic E-state index is 12.8. The van der Waals surface area contributed by atoms with Gasteiger partial charge in [0.05, 0.1) is 0 Å². The molecule has 0 aliphatic rings. The SMILES string of the molecule is CC(C)N(CC(=O)Nc1ccon1)C(=O)c1ccc(C(C)(C)C)cc1. The van der Waals surface area contributed by atoms with E-state index in [2.05, 4.69) is 35.8 Å². The zero-order valence-corrected chi connectivity index (χ0v) is 15.4. The Morgan fingerprint density at radius 1 is 1.16 bits per heavy atom. The van der Waals surface area contributed by atoms with Crippen molar-refractivity contribution in [2.75, 3.05) is 11.9 Å². The van der Waals surface area contributed by atoms with Crippen molar-refractivity contribution >= 4 is 17.6 Å². The lowest BCUT2D eigenvalue weighted by molar-refractivity contribution is -0.117. The summed E-state index contributed by atoms with van der Waals surface area (Å²) in [6.45, 7) is 10.1. The molecule has 0 bridgehead atoms. The molecule has 0 radical (unpaired) electrons. The number of benzene rings is 1. The lowest BCUT2D eigenvalue weighted by Crippen LogP contribution is -2.42. The van der Waals surface area contributed by atoms with Crippen LogP contribution in [0.2, 0.25) is 0 Å². The monoisotopic (exact) mass is 343 g/mol. The smallest absolute Gasteiger partial charge is 0.254 e. The Hall–Kier alpha value is -2.63. The minimum absolute atomic E-state index is 0.0246. The van der Waals surface area contributed by atoms with Crippen LogP contribution in [0.15, 0.2) is 41.1 Å². The van der Waals surface area contributed by atoms with Crippen LogP contribution in [-0.2, 0) is 10.2 Å². The Kier molecular flexibility index (Phi) is 5.62. The molecule has 0 fully saturated rings. The van der Waals surface area contributed by atoms with Crippen LogP contribution in [0.5, 0.6) is 0 Å². The second kappa shape index (κ2) is 7.51. The second-order valence-corrected chi connectivity index (χ2v) is 7.29. The van der Waals surface area contributed by atoms with Gasteiger partial charge in [0.15, 0.2) is 5.82 Å². The maximum absolute atomic E-state index is 12.8. The van der Waals surface area contributed by atoms with Crippen molar-refractivity contribution in [2.45, 2.75) is 46.1 Å². The van der Waals surface area contributed by atoms with E-state index in [0.29, 0.717) is 11.4 Å². The summed E-state index contributed by atoms with van der Waals surface area (Å²) in [6, 6.07) is 8.98. The zero-order valence-electron chi connectivity index (χ0n) is 15.4. The molecule has 1 aromatic heterocycles. The molecule has 2 rings (SSSR count). The summed E-state index contributed by atoms with van der Waals surface area (Å²) in [5.74, 6) is -0.163. The molecule has 134 valence electrons. The largest absolute Gasteiger partial charge is 0.363 e. The van der Waals surface area contributed by atoms with Gasteiger partial charge in [-0.1, -0.05) is 38.1 Å². The summed E-state index contributed by atoms with van der Waals surface area (Å²) in [5.41, 5.74) is 1.75. The Balaban J connectivity index is 2.10. The van der Waals surface area contributed by atoms with Gasteiger partial charge in [0, 0.05) is 17.7 Å². The van der Waals surface area contributed by atoms with Crippen LogP contribution >= 0.6 is 0 Å². The number of aromatic nitrogens is 1. The Labute approximate surface area is 148 Å². The lowest BCUT2D eigenvalue weighted by Gasteiger charge is -2.26. The van der Waals surface area contributed by atoms with E-state index in [9.17, 15) is 9.59 Å². The number of nitrogens with one attached hydrogen (secondary N) is 1. The van der Waals surface area contributed by atoms with Crippen LogP contribution in [0, 0.1) is 0 Å². The van der Waals surface area contributed by atoms with Crippen molar-refractivity contribution in [3.05, 3.63) is 47.7 Å². The summed E-state index contributed by atoms with van der Waals surface area (Å²) in [6.07, 6.45) is 1.37. The quantitative estimate of drug-likeness (QED) is 0.902. The van der Waals surface area contributed by atoms with Crippen molar-refractivity contribution in [2.24, 2.45) is 0 Å². The first-order valence-corrected chi connectivity index (χ1v) is 8.30. The van der Waals surface area contributed by atoms with Gasteiger partial charge in [0.2, 0.25) is 5.91 Å². The average Bonchev–Trinajstić information content (AvgIpc) is 3.04. The minimum Gasteiger partial charge on any atom is -0.363 e. The molecule has 0 unspecified atom stereocenters. The summed E-state index contributed by atoms with van der Waals surface area (Å²) in [7, 11) is 0. The third kappa shape index (κ3) is 4.92. The van der Waals surface area contributed by atoms with E-state index in [1.165, 1.54) is 11.2 Å². The standard InChI is InChI=1S/C19H25N3O3/c1-13(2)22(12-17(23)20-16-10-11-25-21-16)18(24)14-6-8-15(9-7-14)19(3,4)5/h6-11,13H,12H2,1-5H3,(H,20,21,23). The fourth-order valence-electron chi connectivity index (χ4n) is 2.38. The van der Waals surface area contributed by atoms with Crippen LogP contribution in [0.1, 0.15) is 50.5 Å². The van der Waals surface area contributed by atoms with Gasteiger partial charge in [0.1, 0.15) is 12.8 Å². The first-order chi connectivity index (χ1) is 11.7. The molecule has 25 heavy (non-hydrogen) atoms. The summed E-state index contributed by atoms with van der Waals surface area (Å²) in [5, 5.41) is 6.24. The van der Waals surface area contributed by atoms with Crippen molar-refractivity contribution in [1.29, 1.82) is 0 Å². The highest BCUT2D eigenvalue weighted by molar-refractivity contribution is 5.99. The summed E-state index contributed by atoms with van der Waals surface area (Å²) >= 11 is 0. The highest BCUT2D eigenvalue weighted by atomic mass is 16.5. The highest BCUT2D eigenvalue weighted by Crippen LogP contribution is 2.22. The van der Waals surface area contributed by atoms with Gasteiger partial charge in [-0.15, -0.1) is 0 Å². The van der Waals surface area contributed by atoms with Crippen LogP contribution < -0.4 is 5.32 Å². The van der Waals surface area contributed by atoms with E-state index in [-0.39, 0.29) is 29.8 Å². The molecule has 0 aliphatic carbocycles. The Morgan fingerprint density at radius 2 is 1.80 bits per heavy atom. The predicted molar refractivity (Wildman–Crippen MR) is 96.4 cm³/mol. The van der Waals surface area contributed by atoms with Gasteiger partial charge in [-0.25, -0.2) is 0 Å². The first kappa shape index (κ1) is 18.7. The molecular weight excluding hydrogens is 318 g/mol. The minimum atomic E-state index is -0.317. The maximum Gasteiger partial charge on any atom is 0.254 e. The lowest BCUT2D eigenvalue weighted by atomic mass is 9.86. The molecule has 0 aliphatic heterocycles. The molecule has 0 spiro atoms. The molecule has 0 atom stereocenters. The number of carbonyl (C=O) groups is 2. The number of anilines is 1. The van der Waals surface area contributed by atoms with Crippen LogP contribution in [0.3, 0.4) is 0 Å². The van der Waals surface area contributed by atoms with Crippen LogP contribution in [-0.4, -0.2) is 34.5 Å². The molecule has 1 heterocycles. The zero-order chi connectivity index (χ0) is 18.6. The van der Waals surface area contributed by atoms with Gasteiger partial charge in [-0.3, -0.25) is 9.59 Å². The first-order valence-electron chi connectivity index (χ1n) is 8.30. The fraction of sp³-hybridized carbons (Fsp3) is 0.421. The third-order valence-electron chi connectivity index (χ3n) is 3.90. The van der Waals surface area contributed by atoms with E-state index in [0.717, 1.165) is 5.56 Å². The number of hydrogen-bond acceptors (Lipinski definition) is 4. The van der Waals surface area contributed by atoms with Crippen molar-refractivity contribution in [3.63, 3.8) is 0 Å². The van der Waals surface area contributed by atoms with Crippen molar-refractivity contribution in [3.8, 4) is 0 Å². The number of nitrogens with zero attached hydrogens (tertiary/aromatic N) is 2. The van der Waals surface area contributed by atoms with E-state index in [1.54, 1.807) is 6.07 Å². The van der Waals surface area contributed by atoms with E-state index < -0.39 is 0 Å². The van der Waals surface area contributed by atoms with E-state index >= 15 is 0 Å². The molecule has 1 N–H and O–H groups in total. The van der Waals surface area contributed by atoms with Gasteiger partial charge >= 0.3 is 0 Å². The number of carbonyl (C=O) groups excluding carboxylic acids is 2. The number of rotatable bonds is 5. The predicted octanol–water partition coefficient (Wildman–Crippen LogP) is 3.46. The third-order valence-corrected chi connectivity index (χ3v) is 3.90. The van der Waals surface area contributed by atoms with E-state index in [4.69, 9.17) is 0 Å². The summed E-state index contributed by atoms with van der Waals surface area (Å²) in [4.78, 5) is 26.5. The van der Waals surface area contributed by atoms with Gasteiger partial charge in [-0.2, -0.15) is 0 Å². The van der Waals surface area contributed by atoms with Gasteiger partial charge < -0.3 is 14.7 Å². The molecule has 6 nitrogen and oxygen atoms in total. The molecule has 6 heteroatoms. The molecule has 2 aromatic rings. The molecule has 0 saturated heterocycles. The highest BCUT2D eigenvalue weighted by Gasteiger charge is 2.22. The van der Waals surface area contributed by atoms with Crippen LogP contribution in [0.4, 0.5) is 5.82 Å².